The predicted molar refractivity (Wildman–Crippen MR) is 123 cm³/mol. The number of nitrogens with zero attached hydrogens (tertiary/aromatic N) is 1. The molecule has 5 amide bonds. The van der Waals surface area contributed by atoms with Gasteiger partial charge in [0.2, 0.25) is 5.91 Å². The molecule has 0 saturated carbocycles. The molecule has 0 radical (unpaired) electrons. The largest absolute Gasteiger partial charge is 0.356 e. The van der Waals surface area contributed by atoms with Crippen molar-refractivity contribution < 1.29 is 41.8 Å². The van der Waals surface area contributed by atoms with Crippen LogP contribution >= 0.6 is 11.8 Å². The average molecular weight is 535 g/mol. The van der Waals surface area contributed by atoms with Gasteiger partial charge in [-0.3, -0.25) is 18.9 Å². The Morgan fingerprint density at radius 1 is 1.09 bits per heavy atom. The first kappa shape index (κ1) is 27.2. The Labute approximate surface area is 207 Å². The summed E-state index contributed by atoms with van der Waals surface area (Å²) in [7, 11) is -4.76. The van der Waals surface area contributed by atoms with Crippen molar-refractivity contribution >= 4 is 51.6 Å². The van der Waals surface area contributed by atoms with Crippen molar-refractivity contribution in [3.05, 3.63) is 0 Å². The van der Waals surface area contributed by atoms with Crippen molar-refractivity contribution in [2.45, 2.75) is 80.4 Å². The van der Waals surface area contributed by atoms with Crippen molar-refractivity contribution in [1.29, 1.82) is 0 Å². The molecule has 3 fully saturated rings. The van der Waals surface area contributed by atoms with E-state index in [9.17, 15) is 32.4 Å². The second-order valence-corrected chi connectivity index (χ2v) is 11.6. The Morgan fingerprint density at radius 2 is 1.83 bits per heavy atom. The molecule has 0 unspecified atom stereocenters. The fourth-order valence-electron chi connectivity index (χ4n) is 4.22. The number of thioether (sulfide) groups is 1. The van der Waals surface area contributed by atoms with Crippen LogP contribution in [0.15, 0.2) is 0 Å². The van der Waals surface area contributed by atoms with Crippen LogP contribution in [0, 0.1) is 0 Å². The number of unbranched alkanes of at least 4 members (excludes halogenated alkanes) is 3. The summed E-state index contributed by atoms with van der Waals surface area (Å²) < 4.78 is 31.1. The van der Waals surface area contributed by atoms with E-state index in [1.807, 2.05) is 11.8 Å². The lowest BCUT2D eigenvalue weighted by Gasteiger charge is -2.16. The molecule has 13 nitrogen and oxygen atoms in total. The lowest BCUT2D eigenvalue weighted by molar-refractivity contribution is -0.197. The second-order valence-electron chi connectivity index (χ2n) is 8.73. The van der Waals surface area contributed by atoms with Crippen molar-refractivity contribution in [3.63, 3.8) is 0 Å². The normalized spacial score (nSPS) is 25.9. The van der Waals surface area contributed by atoms with E-state index in [1.165, 1.54) is 0 Å². The Morgan fingerprint density at radius 3 is 2.54 bits per heavy atom. The first-order chi connectivity index (χ1) is 16.6. The van der Waals surface area contributed by atoms with Gasteiger partial charge in [0.25, 0.3) is 21.9 Å². The molecule has 0 aromatic rings. The summed E-state index contributed by atoms with van der Waals surface area (Å²) in [6, 6.07) is 0.265. The third-order valence-electron chi connectivity index (χ3n) is 6.08. The summed E-state index contributed by atoms with van der Waals surface area (Å²) in [5.74, 6) is -2.30. The van der Waals surface area contributed by atoms with Gasteiger partial charge in [-0.15, -0.1) is 5.06 Å². The number of imide groups is 1. The smallest absolute Gasteiger partial charge is 0.333 e. The number of carbonyl (C=O) groups is 5. The van der Waals surface area contributed by atoms with Crippen LogP contribution in [0.5, 0.6) is 0 Å². The van der Waals surface area contributed by atoms with Crippen molar-refractivity contribution in [2.75, 3.05) is 12.3 Å². The predicted octanol–water partition coefficient (Wildman–Crippen LogP) is -0.138. The van der Waals surface area contributed by atoms with E-state index in [0.29, 0.717) is 37.5 Å². The number of fused-ring (bicyclic) bond motifs is 1. The first-order valence-corrected chi connectivity index (χ1v) is 14.1. The molecule has 3 aliphatic heterocycles. The highest BCUT2D eigenvalue weighted by molar-refractivity contribution is 8.00. The van der Waals surface area contributed by atoms with Crippen LogP contribution < -0.4 is 16.0 Å². The van der Waals surface area contributed by atoms with Gasteiger partial charge >= 0.3 is 12.0 Å². The molecule has 0 aromatic heterocycles. The van der Waals surface area contributed by atoms with Crippen LogP contribution in [0.3, 0.4) is 0 Å². The average Bonchev–Trinajstić information content (AvgIpc) is 3.41. The molecule has 4 atom stereocenters. The van der Waals surface area contributed by atoms with Gasteiger partial charge in [0.15, 0.2) is 5.25 Å². The maximum atomic E-state index is 12.0. The van der Waals surface area contributed by atoms with Gasteiger partial charge in [-0.25, -0.2) is 9.59 Å². The lowest BCUT2D eigenvalue weighted by Crippen LogP contribution is -2.36. The van der Waals surface area contributed by atoms with Crippen molar-refractivity contribution in [3.8, 4) is 0 Å². The molecule has 3 rings (SSSR count). The fourth-order valence-corrected chi connectivity index (χ4v) is 6.47. The van der Waals surface area contributed by atoms with Crippen LogP contribution in [-0.2, 0) is 34.1 Å². The Bertz CT molecular complexity index is 958. The molecule has 3 saturated heterocycles. The molecule has 0 spiro atoms. The topological polar surface area (TPSA) is 188 Å². The number of rotatable bonds is 13. The van der Waals surface area contributed by atoms with Gasteiger partial charge < -0.3 is 20.8 Å². The molecule has 0 aliphatic carbocycles. The summed E-state index contributed by atoms with van der Waals surface area (Å²) in [6.07, 6.45) is 3.76. The fraction of sp³-hybridized carbons (Fsp3) is 0.750. The lowest BCUT2D eigenvalue weighted by atomic mass is 10.0. The van der Waals surface area contributed by atoms with Crippen LogP contribution in [0.2, 0.25) is 0 Å². The summed E-state index contributed by atoms with van der Waals surface area (Å²) in [5, 5.41) is 7.20. The zero-order valence-electron chi connectivity index (χ0n) is 19.1. The zero-order chi connectivity index (χ0) is 25.6. The highest BCUT2D eigenvalue weighted by Gasteiger charge is 2.48. The minimum atomic E-state index is -4.76. The molecule has 0 aromatic carbocycles. The quantitative estimate of drug-likeness (QED) is 0.107. The number of carbonyl (C=O) groups excluding carboxylic acids is 5. The Balaban J connectivity index is 1.19. The first-order valence-electron chi connectivity index (χ1n) is 11.6. The molecule has 3 heterocycles. The Kier molecular flexibility index (Phi) is 9.35. The van der Waals surface area contributed by atoms with E-state index in [0.717, 1.165) is 25.0 Å². The van der Waals surface area contributed by atoms with Gasteiger partial charge in [0.1, 0.15) is 0 Å². The molecule has 15 heteroatoms. The van der Waals surface area contributed by atoms with Crippen molar-refractivity contribution in [1.82, 2.24) is 21.0 Å². The summed E-state index contributed by atoms with van der Waals surface area (Å²) in [5.41, 5.74) is 0. The third-order valence-corrected chi connectivity index (χ3v) is 8.67. The Hall–Kier alpha value is -2.39. The van der Waals surface area contributed by atoms with Crippen LogP contribution in [0.25, 0.3) is 0 Å². The monoisotopic (exact) mass is 534 g/mol. The van der Waals surface area contributed by atoms with Crippen molar-refractivity contribution in [2.24, 2.45) is 0 Å². The van der Waals surface area contributed by atoms with Crippen LogP contribution in [-0.4, -0.2) is 82.6 Å². The van der Waals surface area contributed by atoms with Gasteiger partial charge in [0.05, 0.1) is 18.5 Å². The van der Waals surface area contributed by atoms with Gasteiger partial charge in [-0.1, -0.05) is 12.8 Å². The standard InChI is InChI=1S/C20H30N4O9S2/c25-15(7-4-3-6-13-18-12(11-34-13)22-20(29)23-18)21-9-5-1-2-8-17(27)33-24-16(26)10-14(19(24)28)35(30,31)32/h12-14,18H,1-11H2,(H,21,25)(H2,22,23,29)(H,30,31,32)/t12-,13+,14+,18+/m0/s1. The maximum Gasteiger partial charge on any atom is 0.333 e. The highest BCUT2D eigenvalue weighted by Crippen LogP contribution is 2.33. The highest BCUT2D eigenvalue weighted by atomic mass is 32.2. The van der Waals surface area contributed by atoms with Gasteiger partial charge in [-0.2, -0.15) is 20.2 Å². The van der Waals surface area contributed by atoms with E-state index in [2.05, 4.69) is 20.8 Å². The van der Waals surface area contributed by atoms with E-state index in [4.69, 9.17) is 4.55 Å². The maximum absolute atomic E-state index is 12.0. The van der Waals surface area contributed by atoms with E-state index in [1.54, 1.807) is 0 Å². The molecule has 3 aliphatic rings. The summed E-state index contributed by atoms with van der Waals surface area (Å²) in [4.78, 5) is 63.3. The minimum absolute atomic E-state index is 0.0448. The number of amides is 5. The zero-order valence-corrected chi connectivity index (χ0v) is 20.7. The number of hydrogen-bond acceptors (Lipinski definition) is 9. The van der Waals surface area contributed by atoms with Crippen LogP contribution in [0.4, 0.5) is 4.79 Å². The second kappa shape index (κ2) is 12.0. The number of nitrogens with one attached hydrogen (secondary N) is 3. The number of hydroxylamine groups is 2. The third kappa shape index (κ3) is 7.54. The molecular formula is C20H30N4O9S2. The minimum Gasteiger partial charge on any atom is -0.356 e. The molecular weight excluding hydrogens is 504 g/mol. The summed E-state index contributed by atoms with van der Waals surface area (Å²) >= 11 is 1.85. The van der Waals surface area contributed by atoms with Crippen LogP contribution in [0.1, 0.15) is 57.8 Å². The number of hydrogen-bond donors (Lipinski definition) is 4. The van der Waals surface area contributed by atoms with E-state index in [-0.39, 0.29) is 35.5 Å². The molecule has 4 N–H and O–H groups in total. The molecule has 35 heavy (non-hydrogen) atoms. The van der Waals surface area contributed by atoms with Gasteiger partial charge in [0, 0.05) is 30.4 Å². The summed E-state index contributed by atoms with van der Waals surface area (Å²) in [6.45, 7) is 0.451. The van der Waals surface area contributed by atoms with E-state index >= 15 is 0 Å². The van der Waals surface area contributed by atoms with E-state index < -0.39 is 39.6 Å². The molecule has 196 valence electrons. The molecule has 0 bridgehead atoms. The number of urea groups is 1. The SMILES string of the molecule is O=C(CCCC[C@H]1SC[C@@H]2NC(=O)N[C@H]21)NCCCCCC(=O)ON1C(=O)C[C@@H](S(=O)(=O)O)C1=O. The van der Waals surface area contributed by atoms with Gasteiger partial charge in [-0.05, 0) is 25.7 Å².